The number of rotatable bonds is 8. The predicted molar refractivity (Wildman–Crippen MR) is 128 cm³/mol. The highest BCUT2D eigenvalue weighted by atomic mass is 79.9. The maximum atomic E-state index is 12.6. The molecule has 0 atom stereocenters. The SMILES string of the molecule is CCOC(=O)c1c(-c2ccccc2)csc1NC(=O)COc1ccc(Br)cc1C(C)C. The molecule has 3 rings (SSSR count). The van der Waals surface area contributed by atoms with Crippen molar-refractivity contribution in [3.63, 3.8) is 0 Å². The lowest BCUT2D eigenvalue weighted by Gasteiger charge is -2.14. The van der Waals surface area contributed by atoms with Crippen molar-refractivity contribution in [1.82, 2.24) is 0 Å². The van der Waals surface area contributed by atoms with Gasteiger partial charge in [0, 0.05) is 15.4 Å². The Balaban J connectivity index is 1.79. The largest absolute Gasteiger partial charge is 0.483 e. The molecule has 162 valence electrons. The highest BCUT2D eigenvalue weighted by Crippen LogP contribution is 2.36. The number of hydrogen-bond donors (Lipinski definition) is 1. The Morgan fingerprint density at radius 2 is 1.87 bits per heavy atom. The lowest BCUT2D eigenvalue weighted by atomic mass is 10.0. The molecule has 0 radical (unpaired) electrons. The van der Waals surface area contributed by atoms with Crippen molar-refractivity contribution in [1.29, 1.82) is 0 Å². The maximum absolute atomic E-state index is 12.6. The number of anilines is 1. The van der Waals surface area contributed by atoms with E-state index in [9.17, 15) is 9.59 Å². The molecule has 1 amide bonds. The summed E-state index contributed by atoms with van der Waals surface area (Å²) in [5, 5.41) is 5.12. The summed E-state index contributed by atoms with van der Waals surface area (Å²) in [4.78, 5) is 25.3. The molecule has 2 aromatic carbocycles. The summed E-state index contributed by atoms with van der Waals surface area (Å²) < 4.78 is 12.0. The fraction of sp³-hybridized carbons (Fsp3) is 0.250. The van der Waals surface area contributed by atoms with Crippen LogP contribution in [0.4, 0.5) is 5.00 Å². The number of thiophene rings is 1. The normalized spacial score (nSPS) is 10.7. The summed E-state index contributed by atoms with van der Waals surface area (Å²) in [5.41, 5.74) is 2.99. The highest BCUT2D eigenvalue weighted by molar-refractivity contribution is 9.10. The molecule has 1 N–H and O–H groups in total. The van der Waals surface area contributed by atoms with Gasteiger partial charge in [-0.05, 0) is 42.2 Å². The van der Waals surface area contributed by atoms with Gasteiger partial charge < -0.3 is 14.8 Å². The van der Waals surface area contributed by atoms with E-state index >= 15 is 0 Å². The smallest absolute Gasteiger partial charge is 0.341 e. The summed E-state index contributed by atoms with van der Waals surface area (Å²) in [7, 11) is 0. The number of amides is 1. The predicted octanol–water partition coefficient (Wildman–Crippen LogP) is 6.50. The molecule has 0 saturated heterocycles. The molecule has 31 heavy (non-hydrogen) atoms. The Hall–Kier alpha value is -2.64. The molecule has 1 aromatic heterocycles. The van der Waals surface area contributed by atoms with E-state index in [1.807, 2.05) is 53.9 Å². The Labute approximate surface area is 194 Å². The minimum absolute atomic E-state index is 0.164. The van der Waals surface area contributed by atoms with E-state index < -0.39 is 5.97 Å². The van der Waals surface area contributed by atoms with E-state index in [0.29, 0.717) is 16.3 Å². The van der Waals surface area contributed by atoms with Crippen LogP contribution in [-0.4, -0.2) is 25.1 Å². The summed E-state index contributed by atoms with van der Waals surface area (Å²) >= 11 is 4.76. The topological polar surface area (TPSA) is 64.6 Å². The number of hydrogen-bond acceptors (Lipinski definition) is 5. The van der Waals surface area contributed by atoms with Crippen molar-refractivity contribution >= 4 is 44.1 Å². The minimum atomic E-state index is -0.464. The van der Waals surface area contributed by atoms with Gasteiger partial charge in [-0.2, -0.15) is 0 Å². The maximum Gasteiger partial charge on any atom is 0.341 e. The van der Waals surface area contributed by atoms with Crippen LogP contribution in [0.2, 0.25) is 0 Å². The fourth-order valence-electron chi connectivity index (χ4n) is 3.09. The number of nitrogens with one attached hydrogen (secondary N) is 1. The molecule has 0 aliphatic carbocycles. The van der Waals surface area contributed by atoms with Gasteiger partial charge >= 0.3 is 5.97 Å². The van der Waals surface area contributed by atoms with Gasteiger partial charge in [0.1, 0.15) is 16.3 Å². The van der Waals surface area contributed by atoms with Crippen molar-refractivity contribution in [3.05, 3.63) is 69.5 Å². The molecule has 7 heteroatoms. The minimum Gasteiger partial charge on any atom is -0.483 e. The Bertz CT molecular complexity index is 1060. The number of carbonyl (C=O) groups excluding carboxylic acids is 2. The molecular formula is C24H24BrNO4S. The zero-order valence-corrected chi connectivity index (χ0v) is 20.0. The summed E-state index contributed by atoms with van der Waals surface area (Å²) in [6.45, 7) is 5.97. The number of ether oxygens (including phenoxy) is 2. The molecule has 0 unspecified atom stereocenters. The average Bonchev–Trinajstić information content (AvgIpc) is 3.17. The van der Waals surface area contributed by atoms with Crippen LogP contribution in [0.5, 0.6) is 5.75 Å². The number of esters is 1. The first-order chi connectivity index (χ1) is 14.9. The van der Waals surface area contributed by atoms with Gasteiger partial charge in [-0.1, -0.05) is 60.1 Å². The van der Waals surface area contributed by atoms with Crippen LogP contribution in [-0.2, 0) is 9.53 Å². The molecule has 1 heterocycles. The van der Waals surface area contributed by atoms with Crippen molar-refractivity contribution in [2.75, 3.05) is 18.5 Å². The molecule has 5 nitrogen and oxygen atoms in total. The van der Waals surface area contributed by atoms with Gasteiger partial charge in [-0.25, -0.2) is 4.79 Å². The van der Waals surface area contributed by atoms with Crippen molar-refractivity contribution < 1.29 is 19.1 Å². The molecule has 0 spiro atoms. The van der Waals surface area contributed by atoms with Gasteiger partial charge in [0.25, 0.3) is 5.91 Å². The van der Waals surface area contributed by atoms with Crippen molar-refractivity contribution in [3.8, 4) is 16.9 Å². The van der Waals surface area contributed by atoms with Crippen LogP contribution in [0.15, 0.2) is 58.4 Å². The molecule has 0 fully saturated rings. The Morgan fingerprint density at radius 1 is 1.13 bits per heavy atom. The van der Waals surface area contributed by atoms with Crippen molar-refractivity contribution in [2.45, 2.75) is 26.7 Å². The van der Waals surface area contributed by atoms with E-state index in [-0.39, 0.29) is 25.0 Å². The van der Waals surface area contributed by atoms with Gasteiger partial charge in [0.2, 0.25) is 0 Å². The summed E-state index contributed by atoms with van der Waals surface area (Å²) in [6.07, 6.45) is 0. The monoisotopic (exact) mass is 501 g/mol. The van der Waals surface area contributed by atoms with Crippen LogP contribution in [0.3, 0.4) is 0 Å². The van der Waals surface area contributed by atoms with Gasteiger partial charge in [0.15, 0.2) is 6.61 Å². The van der Waals surface area contributed by atoms with Crippen LogP contribution in [0, 0.1) is 0 Å². The standard InChI is InChI=1S/C24H24BrNO4S/c1-4-29-24(28)22-19(16-8-6-5-7-9-16)14-31-23(22)26-21(27)13-30-20-11-10-17(25)12-18(20)15(2)3/h5-12,14-15H,4,13H2,1-3H3,(H,26,27). The lowest BCUT2D eigenvalue weighted by molar-refractivity contribution is -0.118. The first kappa shape index (κ1) is 23.0. The molecule has 3 aromatic rings. The summed E-state index contributed by atoms with van der Waals surface area (Å²) in [5.74, 6) is 0.102. The Kier molecular flexibility index (Phi) is 7.87. The molecule has 0 aliphatic rings. The molecular weight excluding hydrogens is 478 g/mol. The van der Waals surface area contributed by atoms with E-state index in [1.165, 1.54) is 11.3 Å². The second-order valence-electron chi connectivity index (χ2n) is 7.11. The highest BCUT2D eigenvalue weighted by Gasteiger charge is 2.23. The van der Waals surface area contributed by atoms with Crippen LogP contribution < -0.4 is 10.1 Å². The van der Waals surface area contributed by atoms with Crippen LogP contribution >= 0.6 is 27.3 Å². The van der Waals surface area contributed by atoms with E-state index in [0.717, 1.165) is 21.2 Å². The molecule has 0 saturated carbocycles. The van der Waals surface area contributed by atoms with Crippen LogP contribution in [0.25, 0.3) is 11.1 Å². The zero-order valence-electron chi connectivity index (χ0n) is 17.6. The third kappa shape index (κ3) is 5.74. The number of halogens is 1. The molecule has 0 bridgehead atoms. The second-order valence-corrected chi connectivity index (χ2v) is 8.91. The second kappa shape index (κ2) is 10.6. The van der Waals surface area contributed by atoms with E-state index in [1.54, 1.807) is 6.92 Å². The molecule has 0 aliphatic heterocycles. The fourth-order valence-corrected chi connectivity index (χ4v) is 4.45. The Morgan fingerprint density at radius 3 is 2.55 bits per heavy atom. The first-order valence-electron chi connectivity index (χ1n) is 9.96. The van der Waals surface area contributed by atoms with E-state index in [4.69, 9.17) is 9.47 Å². The average molecular weight is 502 g/mol. The van der Waals surface area contributed by atoms with Gasteiger partial charge in [-0.3, -0.25) is 4.79 Å². The van der Waals surface area contributed by atoms with Crippen molar-refractivity contribution in [2.24, 2.45) is 0 Å². The third-order valence-corrected chi connectivity index (χ3v) is 5.95. The van der Waals surface area contributed by atoms with Crippen LogP contribution in [0.1, 0.15) is 42.6 Å². The van der Waals surface area contributed by atoms with Gasteiger partial charge in [-0.15, -0.1) is 11.3 Å². The third-order valence-electron chi connectivity index (χ3n) is 4.56. The number of carbonyl (C=O) groups is 2. The number of benzene rings is 2. The van der Waals surface area contributed by atoms with E-state index in [2.05, 4.69) is 35.1 Å². The summed E-state index contributed by atoms with van der Waals surface area (Å²) in [6, 6.07) is 15.3. The quantitative estimate of drug-likeness (QED) is 0.358. The zero-order chi connectivity index (χ0) is 22.4. The first-order valence-corrected chi connectivity index (χ1v) is 11.6. The lowest BCUT2D eigenvalue weighted by Crippen LogP contribution is -2.21. The van der Waals surface area contributed by atoms with Gasteiger partial charge in [0.05, 0.1) is 6.61 Å².